The zero-order chi connectivity index (χ0) is 15.8. The number of urea groups is 1. The summed E-state index contributed by atoms with van der Waals surface area (Å²) in [6.07, 6.45) is 0. The summed E-state index contributed by atoms with van der Waals surface area (Å²) < 4.78 is 18.6. The highest BCUT2D eigenvalue weighted by atomic mass is 19.1. The number of halogens is 1. The quantitative estimate of drug-likeness (QED) is 0.833. The van der Waals surface area contributed by atoms with Crippen LogP contribution < -0.4 is 10.1 Å². The van der Waals surface area contributed by atoms with Gasteiger partial charge in [0, 0.05) is 13.6 Å². The average Bonchev–Trinajstić information content (AvgIpc) is 2.53. The predicted molar refractivity (Wildman–Crippen MR) is 83.2 cm³/mol. The standard InChI is InChI=1S/C17H19FN2O2/c1-20(13-14-7-3-2-4-8-14)17(21)19-11-12-22-16-10-6-5-9-15(16)18/h2-10H,11-13H2,1H3,(H,19,21). The molecule has 22 heavy (non-hydrogen) atoms. The minimum atomic E-state index is -0.407. The fraction of sp³-hybridized carbons (Fsp3) is 0.235. The molecule has 0 unspecified atom stereocenters. The smallest absolute Gasteiger partial charge is 0.317 e. The number of carbonyl (C=O) groups excluding carboxylic acids is 1. The molecule has 0 aliphatic rings. The van der Waals surface area contributed by atoms with Crippen molar-refractivity contribution in [3.05, 3.63) is 66.0 Å². The highest BCUT2D eigenvalue weighted by Crippen LogP contribution is 2.14. The second-order valence-electron chi connectivity index (χ2n) is 4.85. The molecule has 0 aliphatic heterocycles. The summed E-state index contributed by atoms with van der Waals surface area (Å²) >= 11 is 0. The van der Waals surface area contributed by atoms with Gasteiger partial charge < -0.3 is 15.0 Å². The number of nitrogens with one attached hydrogen (secondary N) is 1. The molecular formula is C17H19FN2O2. The van der Waals surface area contributed by atoms with Gasteiger partial charge in [0.15, 0.2) is 11.6 Å². The predicted octanol–water partition coefficient (Wildman–Crippen LogP) is 3.05. The topological polar surface area (TPSA) is 41.6 Å². The van der Waals surface area contributed by atoms with Crippen LogP contribution in [0.25, 0.3) is 0 Å². The molecule has 0 radical (unpaired) electrons. The zero-order valence-corrected chi connectivity index (χ0v) is 12.5. The van der Waals surface area contributed by atoms with Crippen LogP contribution in [0.5, 0.6) is 5.75 Å². The summed E-state index contributed by atoms with van der Waals surface area (Å²) in [6.45, 7) is 1.05. The molecule has 2 amide bonds. The van der Waals surface area contributed by atoms with E-state index in [2.05, 4.69) is 5.32 Å². The number of nitrogens with zero attached hydrogens (tertiary/aromatic N) is 1. The lowest BCUT2D eigenvalue weighted by atomic mass is 10.2. The lowest BCUT2D eigenvalue weighted by Gasteiger charge is -2.18. The molecule has 0 aromatic heterocycles. The van der Waals surface area contributed by atoms with E-state index in [0.717, 1.165) is 5.56 Å². The molecule has 0 heterocycles. The third kappa shape index (κ3) is 4.77. The first-order chi connectivity index (χ1) is 10.7. The third-order valence-corrected chi connectivity index (χ3v) is 3.08. The van der Waals surface area contributed by atoms with Gasteiger partial charge in [0.25, 0.3) is 0 Å². The van der Waals surface area contributed by atoms with Crippen molar-refractivity contribution in [2.75, 3.05) is 20.2 Å². The van der Waals surface area contributed by atoms with Crippen LogP contribution in [0.3, 0.4) is 0 Å². The van der Waals surface area contributed by atoms with E-state index in [1.807, 2.05) is 30.3 Å². The van der Waals surface area contributed by atoms with Crippen molar-refractivity contribution in [1.82, 2.24) is 10.2 Å². The summed E-state index contributed by atoms with van der Waals surface area (Å²) in [6, 6.07) is 15.7. The lowest BCUT2D eigenvalue weighted by Crippen LogP contribution is -2.38. The second kappa shape index (κ2) is 8.02. The largest absolute Gasteiger partial charge is 0.489 e. The molecule has 116 valence electrons. The number of carbonyl (C=O) groups is 1. The van der Waals surface area contributed by atoms with Gasteiger partial charge in [0.05, 0.1) is 6.54 Å². The van der Waals surface area contributed by atoms with E-state index in [-0.39, 0.29) is 18.4 Å². The van der Waals surface area contributed by atoms with E-state index in [0.29, 0.717) is 13.1 Å². The van der Waals surface area contributed by atoms with Crippen molar-refractivity contribution in [2.24, 2.45) is 0 Å². The molecule has 5 heteroatoms. The Labute approximate surface area is 129 Å². The Morgan fingerprint density at radius 2 is 1.82 bits per heavy atom. The fourth-order valence-electron chi connectivity index (χ4n) is 1.94. The van der Waals surface area contributed by atoms with Crippen LogP contribution in [0.4, 0.5) is 9.18 Å². The van der Waals surface area contributed by atoms with Crippen molar-refractivity contribution in [1.29, 1.82) is 0 Å². The average molecular weight is 302 g/mol. The first kappa shape index (κ1) is 15.8. The molecule has 0 saturated heterocycles. The van der Waals surface area contributed by atoms with Gasteiger partial charge in [-0.2, -0.15) is 0 Å². The molecule has 0 atom stereocenters. The van der Waals surface area contributed by atoms with Crippen molar-refractivity contribution >= 4 is 6.03 Å². The van der Waals surface area contributed by atoms with Crippen molar-refractivity contribution < 1.29 is 13.9 Å². The third-order valence-electron chi connectivity index (χ3n) is 3.08. The number of hydrogen-bond acceptors (Lipinski definition) is 2. The maximum absolute atomic E-state index is 13.3. The molecule has 0 fully saturated rings. The van der Waals surface area contributed by atoms with E-state index in [1.54, 1.807) is 30.1 Å². The van der Waals surface area contributed by atoms with Gasteiger partial charge in [-0.3, -0.25) is 0 Å². The normalized spacial score (nSPS) is 10.1. The van der Waals surface area contributed by atoms with Crippen LogP contribution in [0.1, 0.15) is 5.56 Å². The van der Waals surface area contributed by atoms with Gasteiger partial charge in [0.1, 0.15) is 6.61 Å². The van der Waals surface area contributed by atoms with Crippen LogP contribution >= 0.6 is 0 Å². The molecule has 0 spiro atoms. The van der Waals surface area contributed by atoms with Crippen LogP contribution in [-0.2, 0) is 6.54 Å². The summed E-state index contributed by atoms with van der Waals surface area (Å²) in [5.41, 5.74) is 1.06. The molecule has 2 aromatic rings. The van der Waals surface area contributed by atoms with Gasteiger partial charge in [0.2, 0.25) is 0 Å². The van der Waals surface area contributed by atoms with Crippen LogP contribution in [0, 0.1) is 5.82 Å². The van der Waals surface area contributed by atoms with E-state index in [9.17, 15) is 9.18 Å². The monoisotopic (exact) mass is 302 g/mol. The van der Waals surface area contributed by atoms with Crippen molar-refractivity contribution in [2.45, 2.75) is 6.54 Å². The highest BCUT2D eigenvalue weighted by molar-refractivity contribution is 5.73. The van der Waals surface area contributed by atoms with Gasteiger partial charge in [-0.1, -0.05) is 42.5 Å². The van der Waals surface area contributed by atoms with E-state index in [4.69, 9.17) is 4.74 Å². The minimum Gasteiger partial charge on any atom is -0.489 e. The number of para-hydroxylation sites is 1. The van der Waals surface area contributed by atoms with Crippen LogP contribution in [-0.4, -0.2) is 31.1 Å². The summed E-state index contributed by atoms with van der Waals surface area (Å²) in [4.78, 5) is 13.5. The Kier molecular flexibility index (Phi) is 5.77. The van der Waals surface area contributed by atoms with Gasteiger partial charge in [-0.05, 0) is 17.7 Å². The van der Waals surface area contributed by atoms with E-state index in [1.165, 1.54) is 6.07 Å². The lowest BCUT2D eigenvalue weighted by molar-refractivity contribution is 0.203. The molecular weight excluding hydrogens is 283 g/mol. The van der Waals surface area contributed by atoms with Crippen molar-refractivity contribution in [3.8, 4) is 5.75 Å². The second-order valence-corrected chi connectivity index (χ2v) is 4.85. The van der Waals surface area contributed by atoms with Crippen LogP contribution in [0.15, 0.2) is 54.6 Å². The molecule has 0 aliphatic carbocycles. The van der Waals surface area contributed by atoms with Gasteiger partial charge in [-0.15, -0.1) is 0 Å². The van der Waals surface area contributed by atoms with Gasteiger partial charge >= 0.3 is 6.03 Å². The molecule has 2 rings (SSSR count). The molecule has 0 saturated carbocycles. The first-order valence-corrected chi connectivity index (χ1v) is 7.07. The summed E-state index contributed by atoms with van der Waals surface area (Å²) in [7, 11) is 1.72. The molecule has 4 nitrogen and oxygen atoms in total. The number of benzene rings is 2. The maximum Gasteiger partial charge on any atom is 0.317 e. The van der Waals surface area contributed by atoms with E-state index >= 15 is 0 Å². The highest BCUT2D eigenvalue weighted by Gasteiger charge is 2.08. The SMILES string of the molecule is CN(Cc1ccccc1)C(=O)NCCOc1ccccc1F. The Balaban J connectivity index is 1.70. The Bertz CT molecular complexity index is 605. The number of amides is 2. The Morgan fingerprint density at radius 3 is 2.55 bits per heavy atom. The minimum absolute atomic E-state index is 0.189. The number of hydrogen-bond donors (Lipinski definition) is 1. The zero-order valence-electron chi connectivity index (χ0n) is 12.5. The number of ether oxygens (including phenoxy) is 1. The summed E-state index contributed by atoms with van der Waals surface area (Å²) in [5, 5.41) is 2.73. The van der Waals surface area contributed by atoms with Crippen molar-refractivity contribution in [3.63, 3.8) is 0 Å². The maximum atomic E-state index is 13.3. The van der Waals surface area contributed by atoms with E-state index < -0.39 is 5.82 Å². The Morgan fingerprint density at radius 1 is 1.14 bits per heavy atom. The van der Waals surface area contributed by atoms with Gasteiger partial charge in [-0.25, -0.2) is 9.18 Å². The first-order valence-electron chi connectivity index (χ1n) is 7.07. The Hall–Kier alpha value is -2.56. The summed E-state index contributed by atoms with van der Waals surface area (Å²) in [5.74, 6) is -0.218. The fourth-order valence-corrected chi connectivity index (χ4v) is 1.94. The van der Waals surface area contributed by atoms with Crippen LogP contribution in [0.2, 0.25) is 0 Å². The molecule has 2 aromatic carbocycles. The molecule has 1 N–H and O–H groups in total. The molecule has 0 bridgehead atoms. The number of rotatable bonds is 6.